The van der Waals surface area contributed by atoms with Gasteiger partial charge in [-0.1, -0.05) is 6.07 Å². The Bertz CT molecular complexity index is 356. The van der Waals surface area contributed by atoms with Crippen molar-refractivity contribution in [3.05, 3.63) is 23.9 Å². The normalized spacial score (nSPS) is 25.9. The summed E-state index contributed by atoms with van der Waals surface area (Å²) in [6.45, 7) is 1.22. The van der Waals surface area contributed by atoms with Crippen LogP contribution in [0.3, 0.4) is 0 Å². The lowest BCUT2D eigenvalue weighted by Gasteiger charge is -2.19. The Balaban J connectivity index is 1.70. The zero-order valence-electron chi connectivity index (χ0n) is 9.82. The predicted molar refractivity (Wildman–Crippen MR) is 65.5 cm³/mol. The molecule has 2 heterocycles. The lowest BCUT2D eigenvalue weighted by molar-refractivity contribution is 0.317. The van der Waals surface area contributed by atoms with E-state index in [1.165, 1.54) is 37.8 Å². The minimum atomic E-state index is 0.586. The summed E-state index contributed by atoms with van der Waals surface area (Å²) in [6.07, 6.45) is 7.22. The zero-order chi connectivity index (χ0) is 11.0. The summed E-state index contributed by atoms with van der Waals surface area (Å²) in [6, 6.07) is 5.62. The number of hydrogen-bond donors (Lipinski definition) is 1. The van der Waals surface area contributed by atoms with E-state index in [1.54, 1.807) is 0 Å². The van der Waals surface area contributed by atoms with Gasteiger partial charge in [0.05, 0.1) is 0 Å². The number of nitrogens with one attached hydrogen (secondary N) is 1. The van der Waals surface area contributed by atoms with Gasteiger partial charge in [-0.2, -0.15) is 0 Å². The molecule has 0 amide bonds. The van der Waals surface area contributed by atoms with Crippen LogP contribution in [-0.2, 0) is 0 Å². The molecule has 2 aliphatic rings. The van der Waals surface area contributed by atoms with Crippen molar-refractivity contribution in [2.24, 2.45) is 0 Å². The van der Waals surface area contributed by atoms with Crippen LogP contribution in [0.5, 0.6) is 0 Å². The molecule has 3 heteroatoms. The fourth-order valence-electron chi connectivity index (χ4n) is 2.46. The Morgan fingerprint density at radius 3 is 2.75 bits per heavy atom. The monoisotopic (exact) mass is 217 g/mol. The standard InChI is InChI=1S/C13H19N3/c1-16-8-2-3-12(16)10-4-7-13(14-9-10)15-11-5-6-11/h4,7,9,11-12H,2-3,5-6,8H2,1H3,(H,14,15). The smallest absolute Gasteiger partial charge is 0.126 e. The second kappa shape index (κ2) is 4.06. The molecular formula is C13H19N3. The van der Waals surface area contributed by atoms with Crippen LogP contribution in [0.4, 0.5) is 5.82 Å². The number of anilines is 1. The number of rotatable bonds is 3. The van der Waals surface area contributed by atoms with Crippen molar-refractivity contribution >= 4 is 5.82 Å². The second-order valence-corrected chi connectivity index (χ2v) is 5.03. The lowest BCUT2D eigenvalue weighted by Crippen LogP contribution is -2.17. The van der Waals surface area contributed by atoms with E-state index in [9.17, 15) is 0 Å². The van der Waals surface area contributed by atoms with Crippen LogP contribution in [0.2, 0.25) is 0 Å². The highest BCUT2D eigenvalue weighted by Crippen LogP contribution is 2.30. The van der Waals surface area contributed by atoms with Gasteiger partial charge in [0.1, 0.15) is 5.82 Å². The van der Waals surface area contributed by atoms with Gasteiger partial charge in [-0.25, -0.2) is 4.98 Å². The molecule has 0 bridgehead atoms. The number of aromatic nitrogens is 1. The summed E-state index contributed by atoms with van der Waals surface area (Å²) in [5.41, 5.74) is 1.36. The molecule has 3 rings (SSSR count). The van der Waals surface area contributed by atoms with Gasteiger partial charge in [-0.3, -0.25) is 4.90 Å². The van der Waals surface area contributed by atoms with Gasteiger partial charge in [-0.05, 0) is 50.9 Å². The second-order valence-electron chi connectivity index (χ2n) is 5.03. The van der Waals surface area contributed by atoms with Crippen LogP contribution in [-0.4, -0.2) is 29.5 Å². The summed E-state index contributed by atoms with van der Waals surface area (Å²) < 4.78 is 0. The summed E-state index contributed by atoms with van der Waals surface area (Å²) >= 11 is 0. The third kappa shape index (κ3) is 2.05. The number of nitrogens with zero attached hydrogens (tertiary/aromatic N) is 2. The molecule has 16 heavy (non-hydrogen) atoms. The van der Waals surface area contributed by atoms with Crippen LogP contribution in [0.25, 0.3) is 0 Å². The van der Waals surface area contributed by atoms with E-state index in [4.69, 9.17) is 0 Å². The fourth-order valence-corrected chi connectivity index (χ4v) is 2.46. The summed E-state index contributed by atoms with van der Waals surface area (Å²) in [5, 5.41) is 3.42. The topological polar surface area (TPSA) is 28.2 Å². The van der Waals surface area contributed by atoms with Crippen LogP contribution in [0.15, 0.2) is 18.3 Å². The van der Waals surface area contributed by atoms with E-state index in [0.717, 1.165) is 5.82 Å². The summed E-state index contributed by atoms with van der Waals surface area (Å²) in [7, 11) is 2.20. The number of likely N-dealkylation sites (tertiary alicyclic amines) is 1. The predicted octanol–water partition coefficient (Wildman–Crippen LogP) is 2.42. The first-order chi connectivity index (χ1) is 7.83. The zero-order valence-corrected chi connectivity index (χ0v) is 9.82. The van der Waals surface area contributed by atoms with Gasteiger partial charge in [-0.15, -0.1) is 0 Å². The molecule has 1 saturated heterocycles. The first-order valence-electron chi connectivity index (χ1n) is 6.25. The van der Waals surface area contributed by atoms with E-state index in [2.05, 4.69) is 34.4 Å². The van der Waals surface area contributed by atoms with E-state index in [1.807, 2.05) is 6.20 Å². The minimum absolute atomic E-state index is 0.586. The molecule has 0 aromatic carbocycles. The number of pyridine rings is 1. The molecule has 0 radical (unpaired) electrons. The molecule has 1 N–H and O–H groups in total. The molecule has 1 unspecified atom stereocenters. The minimum Gasteiger partial charge on any atom is -0.367 e. The fraction of sp³-hybridized carbons (Fsp3) is 0.615. The van der Waals surface area contributed by atoms with Crippen molar-refractivity contribution in [1.82, 2.24) is 9.88 Å². The van der Waals surface area contributed by atoms with Crippen LogP contribution in [0.1, 0.15) is 37.3 Å². The van der Waals surface area contributed by atoms with Crippen molar-refractivity contribution in [1.29, 1.82) is 0 Å². The molecule has 3 nitrogen and oxygen atoms in total. The van der Waals surface area contributed by atoms with Gasteiger partial charge >= 0.3 is 0 Å². The average molecular weight is 217 g/mol. The van der Waals surface area contributed by atoms with Crippen LogP contribution in [0, 0.1) is 0 Å². The van der Waals surface area contributed by atoms with Gasteiger partial charge in [0.15, 0.2) is 0 Å². The molecule has 1 aliphatic heterocycles. The first-order valence-corrected chi connectivity index (χ1v) is 6.25. The Labute approximate surface area is 96.9 Å². The van der Waals surface area contributed by atoms with Crippen molar-refractivity contribution in [3.63, 3.8) is 0 Å². The summed E-state index contributed by atoms with van der Waals surface area (Å²) in [5.74, 6) is 1.03. The van der Waals surface area contributed by atoms with Gasteiger partial charge in [0.2, 0.25) is 0 Å². The Hall–Kier alpha value is -1.09. The molecule has 1 saturated carbocycles. The molecule has 2 fully saturated rings. The first kappa shape index (κ1) is 10.1. The molecule has 1 atom stereocenters. The largest absolute Gasteiger partial charge is 0.367 e. The highest BCUT2D eigenvalue weighted by atomic mass is 15.1. The highest BCUT2D eigenvalue weighted by molar-refractivity contribution is 5.38. The molecule has 1 aromatic heterocycles. The van der Waals surface area contributed by atoms with E-state index < -0.39 is 0 Å². The van der Waals surface area contributed by atoms with Crippen LogP contribution >= 0.6 is 0 Å². The van der Waals surface area contributed by atoms with Crippen molar-refractivity contribution in [2.75, 3.05) is 18.9 Å². The van der Waals surface area contributed by atoms with E-state index in [-0.39, 0.29) is 0 Å². The summed E-state index contributed by atoms with van der Waals surface area (Å²) in [4.78, 5) is 6.92. The van der Waals surface area contributed by atoms with Gasteiger partial charge < -0.3 is 5.32 Å². The highest BCUT2D eigenvalue weighted by Gasteiger charge is 2.23. The van der Waals surface area contributed by atoms with Crippen LogP contribution < -0.4 is 5.32 Å². The van der Waals surface area contributed by atoms with Crippen molar-refractivity contribution < 1.29 is 0 Å². The molecule has 1 aromatic rings. The Morgan fingerprint density at radius 2 is 2.19 bits per heavy atom. The van der Waals surface area contributed by atoms with Gasteiger partial charge in [0, 0.05) is 18.3 Å². The Kier molecular flexibility index (Phi) is 2.56. The van der Waals surface area contributed by atoms with Gasteiger partial charge in [0.25, 0.3) is 0 Å². The molecule has 1 aliphatic carbocycles. The Morgan fingerprint density at radius 1 is 1.31 bits per heavy atom. The maximum absolute atomic E-state index is 4.50. The lowest BCUT2D eigenvalue weighted by atomic mass is 10.1. The molecule has 86 valence electrons. The SMILES string of the molecule is CN1CCCC1c1ccc(NC2CC2)nc1. The molecule has 0 spiro atoms. The third-order valence-corrected chi connectivity index (χ3v) is 3.62. The maximum Gasteiger partial charge on any atom is 0.126 e. The quantitative estimate of drug-likeness (QED) is 0.842. The average Bonchev–Trinajstić information content (AvgIpc) is 3.00. The van der Waals surface area contributed by atoms with E-state index in [0.29, 0.717) is 12.1 Å². The van der Waals surface area contributed by atoms with E-state index >= 15 is 0 Å². The van der Waals surface area contributed by atoms with Crippen molar-refractivity contribution in [2.45, 2.75) is 37.8 Å². The van der Waals surface area contributed by atoms with Crippen molar-refractivity contribution in [3.8, 4) is 0 Å². The number of hydrogen-bond acceptors (Lipinski definition) is 3. The maximum atomic E-state index is 4.50. The molecular weight excluding hydrogens is 198 g/mol. The third-order valence-electron chi connectivity index (χ3n) is 3.62.